The minimum absolute atomic E-state index is 0.214. The van der Waals surface area contributed by atoms with Gasteiger partial charge in [0.25, 0.3) is 0 Å². The van der Waals surface area contributed by atoms with Crippen LogP contribution in [0.1, 0.15) is 61.0 Å². The van der Waals surface area contributed by atoms with Crippen molar-refractivity contribution in [3.63, 3.8) is 0 Å². The zero-order valence-electron chi connectivity index (χ0n) is 15.3. The fraction of sp³-hybridized carbons (Fsp3) is 0.500. The number of imide groups is 2. The number of Topliss-reactive ketones (excluding diaryl/α,β-unsaturated/α-hetero) is 1. The lowest BCUT2D eigenvalue weighted by atomic mass is 9.97. The lowest BCUT2D eigenvalue weighted by Gasteiger charge is -2.21. The summed E-state index contributed by atoms with van der Waals surface area (Å²) in [7, 11) is 0. The average Bonchev–Trinajstić information content (AvgIpc) is 3.24. The lowest BCUT2D eigenvalue weighted by molar-refractivity contribution is -0.143. The highest BCUT2D eigenvalue weighted by atomic mass is 16.2. The monoisotopic (exact) mass is 356 g/mol. The molecule has 6 nitrogen and oxygen atoms in total. The number of amides is 4. The minimum Gasteiger partial charge on any atom is -0.292 e. The summed E-state index contributed by atoms with van der Waals surface area (Å²) in [5.74, 6) is -1.99. The zero-order chi connectivity index (χ0) is 18.8. The number of carbonyl (C=O) groups excluding carboxylic acids is 4. The Balaban J connectivity index is 1.82. The molecule has 0 atom stereocenters. The molecule has 3 rings (SSSR count). The first-order valence-corrected chi connectivity index (χ1v) is 9.31. The van der Waals surface area contributed by atoms with E-state index in [1.165, 1.54) is 0 Å². The van der Waals surface area contributed by atoms with Crippen LogP contribution in [0.4, 0.5) is 4.79 Å². The van der Waals surface area contributed by atoms with Crippen molar-refractivity contribution in [1.82, 2.24) is 9.80 Å². The molecule has 1 aliphatic heterocycles. The standard InChI is InChI=1S/C20H24N2O4/c1-3-13-9-10-14(4-2)16(11-13)17(23)12-21-18(24)19(25)22(20(21)26)15-7-5-6-8-15/h9-11,15H,3-8,12H2,1-2H3. The Morgan fingerprint density at radius 3 is 2.35 bits per heavy atom. The molecule has 1 aliphatic carbocycles. The largest absolute Gasteiger partial charge is 0.334 e. The maximum atomic E-state index is 12.8. The van der Waals surface area contributed by atoms with Gasteiger partial charge in [0.1, 0.15) is 0 Å². The number of nitrogens with zero attached hydrogens (tertiary/aromatic N) is 2. The predicted molar refractivity (Wildman–Crippen MR) is 95.7 cm³/mol. The second kappa shape index (κ2) is 7.40. The number of rotatable bonds is 6. The molecule has 0 unspecified atom stereocenters. The highest BCUT2D eigenvalue weighted by Gasteiger charge is 2.48. The van der Waals surface area contributed by atoms with Gasteiger partial charge in [0, 0.05) is 11.6 Å². The molecule has 26 heavy (non-hydrogen) atoms. The molecule has 0 aromatic heterocycles. The summed E-state index contributed by atoms with van der Waals surface area (Å²) < 4.78 is 0. The molecule has 1 saturated carbocycles. The summed E-state index contributed by atoms with van der Waals surface area (Å²) >= 11 is 0. The highest BCUT2D eigenvalue weighted by Crippen LogP contribution is 2.28. The number of carbonyl (C=O) groups is 4. The van der Waals surface area contributed by atoms with Crippen molar-refractivity contribution in [3.05, 3.63) is 34.9 Å². The van der Waals surface area contributed by atoms with Crippen molar-refractivity contribution < 1.29 is 19.2 Å². The number of aryl methyl sites for hydroxylation is 2. The van der Waals surface area contributed by atoms with Gasteiger partial charge in [-0.2, -0.15) is 0 Å². The van der Waals surface area contributed by atoms with Crippen molar-refractivity contribution in [1.29, 1.82) is 0 Å². The summed E-state index contributed by atoms with van der Waals surface area (Å²) in [5.41, 5.74) is 2.43. The summed E-state index contributed by atoms with van der Waals surface area (Å²) in [4.78, 5) is 51.8. The number of hydrogen-bond donors (Lipinski definition) is 0. The second-order valence-corrected chi connectivity index (χ2v) is 6.91. The van der Waals surface area contributed by atoms with Crippen molar-refractivity contribution >= 4 is 23.6 Å². The molecule has 6 heteroatoms. The molecular formula is C20H24N2O4. The first-order valence-electron chi connectivity index (χ1n) is 9.31. The van der Waals surface area contributed by atoms with Crippen LogP contribution in [0.2, 0.25) is 0 Å². The topological polar surface area (TPSA) is 74.8 Å². The SMILES string of the molecule is CCc1ccc(CC)c(C(=O)CN2C(=O)C(=O)N(C3CCCC3)C2=O)c1. The third-order valence-corrected chi connectivity index (χ3v) is 5.34. The van der Waals surface area contributed by atoms with Crippen LogP contribution in [0.5, 0.6) is 0 Å². The Morgan fingerprint density at radius 1 is 1.04 bits per heavy atom. The van der Waals surface area contributed by atoms with Gasteiger partial charge in [-0.1, -0.05) is 38.8 Å². The summed E-state index contributed by atoms with van der Waals surface area (Å²) in [6.07, 6.45) is 4.81. The van der Waals surface area contributed by atoms with E-state index in [1.807, 2.05) is 32.0 Å². The van der Waals surface area contributed by atoms with E-state index in [9.17, 15) is 19.2 Å². The molecule has 138 valence electrons. The van der Waals surface area contributed by atoms with Gasteiger partial charge < -0.3 is 0 Å². The Morgan fingerprint density at radius 2 is 1.73 bits per heavy atom. The van der Waals surface area contributed by atoms with Crippen LogP contribution in [-0.4, -0.2) is 46.0 Å². The quantitative estimate of drug-likeness (QED) is 0.446. The lowest BCUT2D eigenvalue weighted by Crippen LogP contribution is -2.41. The number of ketones is 1. The maximum Gasteiger partial charge on any atom is 0.334 e. The van der Waals surface area contributed by atoms with Gasteiger partial charge in [-0.15, -0.1) is 0 Å². The number of benzene rings is 1. The van der Waals surface area contributed by atoms with Crippen LogP contribution in [0.15, 0.2) is 18.2 Å². The summed E-state index contributed by atoms with van der Waals surface area (Å²) in [6.45, 7) is 3.57. The zero-order valence-corrected chi connectivity index (χ0v) is 15.3. The van der Waals surface area contributed by atoms with Crippen LogP contribution < -0.4 is 0 Å². The summed E-state index contributed by atoms with van der Waals surface area (Å²) in [5, 5.41) is 0. The Labute approximate surface area is 153 Å². The minimum atomic E-state index is -0.889. The van der Waals surface area contributed by atoms with Crippen LogP contribution in [-0.2, 0) is 22.4 Å². The van der Waals surface area contributed by atoms with Gasteiger partial charge >= 0.3 is 17.8 Å². The Bertz CT molecular complexity index is 765. The van der Waals surface area contributed by atoms with E-state index < -0.39 is 17.8 Å². The van der Waals surface area contributed by atoms with E-state index in [2.05, 4.69) is 0 Å². The molecule has 1 aromatic rings. The van der Waals surface area contributed by atoms with Crippen molar-refractivity contribution in [2.75, 3.05) is 6.54 Å². The van der Waals surface area contributed by atoms with Gasteiger partial charge in [0.05, 0.1) is 6.54 Å². The fourth-order valence-corrected chi connectivity index (χ4v) is 3.79. The van der Waals surface area contributed by atoms with E-state index in [0.29, 0.717) is 12.0 Å². The van der Waals surface area contributed by atoms with Crippen LogP contribution in [0, 0.1) is 0 Å². The van der Waals surface area contributed by atoms with Crippen molar-refractivity contribution in [2.24, 2.45) is 0 Å². The van der Waals surface area contributed by atoms with Crippen LogP contribution in [0.3, 0.4) is 0 Å². The van der Waals surface area contributed by atoms with Crippen LogP contribution in [0.25, 0.3) is 0 Å². The van der Waals surface area contributed by atoms with E-state index in [1.54, 1.807) is 0 Å². The molecule has 2 fully saturated rings. The Kier molecular flexibility index (Phi) is 5.20. The maximum absolute atomic E-state index is 12.8. The molecular weight excluding hydrogens is 332 g/mol. The molecule has 0 spiro atoms. The molecule has 0 N–H and O–H groups in total. The van der Waals surface area contributed by atoms with Gasteiger partial charge in [-0.05, 0) is 42.9 Å². The van der Waals surface area contributed by atoms with Gasteiger partial charge in [-0.25, -0.2) is 9.69 Å². The normalized spacial score (nSPS) is 18.3. The van der Waals surface area contributed by atoms with Crippen molar-refractivity contribution in [3.8, 4) is 0 Å². The third-order valence-electron chi connectivity index (χ3n) is 5.34. The molecule has 2 aliphatic rings. The Hall–Kier alpha value is -2.50. The second-order valence-electron chi connectivity index (χ2n) is 6.91. The van der Waals surface area contributed by atoms with Crippen LogP contribution >= 0.6 is 0 Å². The molecule has 0 bridgehead atoms. The van der Waals surface area contributed by atoms with E-state index in [4.69, 9.17) is 0 Å². The molecule has 1 aromatic carbocycles. The smallest absolute Gasteiger partial charge is 0.292 e. The van der Waals surface area contributed by atoms with Crippen molar-refractivity contribution in [2.45, 2.75) is 58.4 Å². The first kappa shape index (κ1) is 18.3. The highest BCUT2D eigenvalue weighted by molar-refractivity contribution is 6.45. The van der Waals surface area contributed by atoms with Gasteiger partial charge in [-0.3, -0.25) is 19.3 Å². The molecule has 1 heterocycles. The van der Waals surface area contributed by atoms with E-state index in [0.717, 1.165) is 53.0 Å². The first-order chi connectivity index (χ1) is 12.5. The molecule has 1 saturated heterocycles. The third kappa shape index (κ3) is 3.16. The number of hydrogen-bond acceptors (Lipinski definition) is 4. The summed E-state index contributed by atoms with van der Waals surface area (Å²) in [6, 6.07) is 4.85. The van der Waals surface area contributed by atoms with Gasteiger partial charge in [0.2, 0.25) is 0 Å². The molecule has 0 radical (unpaired) electrons. The fourth-order valence-electron chi connectivity index (χ4n) is 3.79. The predicted octanol–water partition coefficient (Wildman–Crippen LogP) is 2.73. The van der Waals surface area contributed by atoms with E-state index in [-0.39, 0.29) is 18.4 Å². The van der Waals surface area contributed by atoms with E-state index >= 15 is 0 Å². The van der Waals surface area contributed by atoms with Gasteiger partial charge in [0.15, 0.2) is 5.78 Å². The molecule has 4 amide bonds. The number of urea groups is 1. The average molecular weight is 356 g/mol.